The topological polar surface area (TPSA) is 84.5 Å². The van der Waals surface area contributed by atoms with Crippen LogP contribution in [0.1, 0.15) is 27.7 Å². The molecule has 0 spiro atoms. The quantitative estimate of drug-likeness (QED) is 0.838. The van der Waals surface area contributed by atoms with Crippen LogP contribution in [0, 0.1) is 0 Å². The van der Waals surface area contributed by atoms with E-state index in [0.717, 1.165) is 0 Å². The average Bonchev–Trinajstić information content (AvgIpc) is 2.29. The maximum Gasteiger partial charge on any atom is 0.240 e. The van der Waals surface area contributed by atoms with Gasteiger partial charge in [-0.2, -0.15) is 0 Å². The van der Waals surface area contributed by atoms with E-state index in [9.17, 15) is 13.2 Å². The highest BCUT2D eigenvalue weighted by Crippen LogP contribution is 2.27. The van der Waals surface area contributed by atoms with Gasteiger partial charge < -0.3 is 10.1 Å². The first-order valence-corrected chi connectivity index (χ1v) is 7.81. The van der Waals surface area contributed by atoms with Crippen molar-refractivity contribution in [3.8, 4) is 5.75 Å². The van der Waals surface area contributed by atoms with E-state index in [1.165, 1.54) is 25.1 Å². The standard InChI is InChI=1S/C13H20N2O4S/c1-5-19-13-7-6-11(8-12(13)14-10(4)16)20(17,18)15-9(2)3/h6-9,15H,5H2,1-4H3,(H,14,16). The monoisotopic (exact) mass is 300 g/mol. The van der Waals surface area contributed by atoms with Crippen LogP contribution in [0.5, 0.6) is 5.75 Å². The molecule has 1 amide bonds. The molecule has 0 bridgehead atoms. The molecule has 0 atom stereocenters. The predicted molar refractivity (Wildman–Crippen MR) is 77.4 cm³/mol. The van der Waals surface area contributed by atoms with Gasteiger partial charge in [-0.25, -0.2) is 13.1 Å². The first-order chi connectivity index (χ1) is 9.26. The van der Waals surface area contributed by atoms with Gasteiger partial charge in [0.2, 0.25) is 15.9 Å². The Balaban J connectivity index is 3.21. The molecular weight excluding hydrogens is 280 g/mol. The number of rotatable bonds is 6. The van der Waals surface area contributed by atoms with Crippen molar-refractivity contribution in [3.63, 3.8) is 0 Å². The fourth-order valence-electron chi connectivity index (χ4n) is 1.62. The van der Waals surface area contributed by atoms with Gasteiger partial charge in [0.25, 0.3) is 0 Å². The van der Waals surface area contributed by atoms with Crippen LogP contribution in [0.4, 0.5) is 5.69 Å². The van der Waals surface area contributed by atoms with Crippen molar-refractivity contribution in [1.82, 2.24) is 4.72 Å². The number of hydrogen-bond acceptors (Lipinski definition) is 4. The van der Waals surface area contributed by atoms with Crippen molar-refractivity contribution in [3.05, 3.63) is 18.2 Å². The van der Waals surface area contributed by atoms with Crippen molar-refractivity contribution < 1.29 is 17.9 Å². The number of sulfonamides is 1. The summed E-state index contributed by atoms with van der Waals surface area (Å²) in [6, 6.07) is 4.15. The Morgan fingerprint density at radius 3 is 2.50 bits per heavy atom. The minimum atomic E-state index is -3.61. The summed E-state index contributed by atoms with van der Waals surface area (Å²) in [5.41, 5.74) is 0.339. The lowest BCUT2D eigenvalue weighted by Crippen LogP contribution is -2.30. The second-order valence-electron chi connectivity index (χ2n) is 4.55. The first-order valence-electron chi connectivity index (χ1n) is 6.33. The lowest BCUT2D eigenvalue weighted by molar-refractivity contribution is -0.114. The van der Waals surface area contributed by atoms with E-state index in [-0.39, 0.29) is 16.8 Å². The third kappa shape index (κ3) is 4.50. The molecule has 0 aliphatic carbocycles. The van der Waals surface area contributed by atoms with Crippen LogP contribution in [0.3, 0.4) is 0 Å². The van der Waals surface area contributed by atoms with E-state index in [1.807, 2.05) is 6.92 Å². The van der Waals surface area contributed by atoms with Gasteiger partial charge in [0.1, 0.15) is 5.75 Å². The fraction of sp³-hybridized carbons (Fsp3) is 0.462. The molecule has 0 unspecified atom stereocenters. The van der Waals surface area contributed by atoms with Crippen molar-refractivity contribution >= 4 is 21.6 Å². The van der Waals surface area contributed by atoms with Crippen molar-refractivity contribution in [2.45, 2.75) is 38.6 Å². The summed E-state index contributed by atoms with van der Waals surface area (Å²) >= 11 is 0. The van der Waals surface area contributed by atoms with Crippen molar-refractivity contribution in [2.75, 3.05) is 11.9 Å². The lowest BCUT2D eigenvalue weighted by Gasteiger charge is -2.14. The van der Waals surface area contributed by atoms with Gasteiger partial charge >= 0.3 is 0 Å². The van der Waals surface area contributed by atoms with E-state index in [2.05, 4.69) is 10.0 Å². The Morgan fingerprint density at radius 2 is 2.00 bits per heavy atom. The number of ether oxygens (including phenoxy) is 1. The van der Waals surface area contributed by atoms with Crippen LogP contribution in [0.25, 0.3) is 0 Å². The normalized spacial score (nSPS) is 11.4. The summed E-state index contributed by atoms with van der Waals surface area (Å²) in [5, 5.41) is 2.57. The van der Waals surface area contributed by atoms with Crippen LogP contribution in [0.2, 0.25) is 0 Å². The minimum absolute atomic E-state index is 0.0819. The molecule has 6 nitrogen and oxygen atoms in total. The second-order valence-corrected chi connectivity index (χ2v) is 6.26. The third-order valence-corrected chi connectivity index (χ3v) is 3.92. The molecule has 0 saturated heterocycles. The number of carbonyl (C=O) groups excluding carboxylic acids is 1. The predicted octanol–water partition coefficient (Wildman–Crippen LogP) is 1.73. The lowest BCUT2D eigenvalue weighted by atomic mass is 10.3. The van der Waals surface area contributed by atoms with Crippen LogP contribution in [-0.2, 0) is 14.8 Å². The molecule has 0 aliphatic heterocycles. The summed E-state index contributed by atoms with van der Waals surface area (Å²) in [6.45, 7) is 7.05. The van der Waals surface area contributed by atoms with E-state index in [0.29, 0.717) is 18.0 Å². The molecule has 0 fully saturated rings. The largest absolute Gasteiger partial charge is 0.492 e. The summed E-state index contributed by atoms with van der Waals surface area (Å²) < 4.78 is 32.0. The van der Waals surface area contributed by atoms with Crippen molar-refractivity contribution in [1.29, 1.82) is 0 Å². The molecule has 0 heterocycles. The summed E-state index contributed by atoms with van der Waals surface area (Å²) in [5.74, 6) is 0.142. The van der Waals surface area contributed by atoms with Crippen molar-refractivity contribution in [2.24, 2.45) is 0 Å². The number of benzene rings is 1. The maximum atomic E-state index is 12.1. The molecule has 20 heavy (non-hydrogen) atoms. The summed E-state index contributed by atoms with van der Waals surface area (Å²) in [4.78, 5) is 11.3. The molecule has 1 rings (SSSR count). The van der Waals surface area contributed by atoms with Gasteiger partial charge in [-0.1, -0.05) is 0 Å². The van der Waals surface area contributed by atoms with Gasteiger partial charge in [0.15, 0.2) is 0 Å². The zero-order valence-electron chi connectivity index (χ0n) is 12.1. The summed E-state index contributed by atoms with van der Waals surface area (Å²) in [7, 11) is -3.61. The average molecular weight is 300 g/mol. The Labute approximate surface area is 119 Å². The van der Waals surface area contributed by atoms with Crippen LogP contribution in [0.15, 0.2) is 23.1 Å². The van der Waals surface area contributed by atoms with Gasteiger partial charge in [0, 0.05) is 13.0 Å². The molecule has 0 aromatic heterocycles. The highest BCUT2D eigenvalue weighted by atomic mass is 32.2. The molecule has 2 N–H and O–H groups in total. The maximum absolute atomic E-state index is 12.1. The molecular formula is C13H20N2O4S. The number of carbonyl (C=O) groups is 1. The molecule has 1 aromatic rings. The zero-order valence-corrected chi connectivity index (χ0v) is 12.9. The molecule has 0 saturated carbocycles. The number of hydrogen-bond donors (Lipinski definition) is 2. The van der Waals surface area contributed by atoms with Gasteiger partial charge in [-0.05, 0) is 39.0 Å². The van der Waals surface area contributed by atoms with E-state index in [4.69, 9.17) is 4.74 Å². The first kappa shape index (κ1) is 16.5. The molecule has 0 radical (unpaired) electrons. The third-order valence-electron chi connectivity index (χ3n) is 2.26. The smallest absolute Gasteiger partial charge is 0.240 e. The fourth-order valence-corrected chi connectivity index (χ4v) is 2.90. The number of nitrogens with one attached hydrogen (secondary N) is 2. The highest BCUT2D eigenvalue weighted by molar-refractivity contribution is 7.89. The van der Waals surface area contributed by atoms with E-state index >= 15 is 0 Å². The molecule has 1 aromatic carbocycles. The Morgan fingerprint density at radius 1 is 1.35 bits per heavy atom. The van der Waals surface area contributed by atoms with E-state index < -0.39 is 10.0 Å². The van der Waals surface area contributed by atoms with Crippen LogP contribution >= 0.6 is 0 Å². The number of amides is 1. The molecule has 7 heteroatoms. The Hall–Kier alpha value is -1.60. The Kier molecular flexibility index (Phi) is 5.52. The van der Waals surface area contributed by atoms with Gasteiger partial charge in [-0.15, -0.1) is 0 Å². The number of anilines is 1. The highest BCUT2D eigenvalue weighted by Gasteiger charge is 2.18. The molecule has 0 aliphatic rings. The Bertz CT molecular complexity index is 582. The van der Waals surface area contributed by atoms with E-state index in [1.54, 1.807) is 13.8 Å². The van der Waals surface area contributed by atoms with Crippen LogP contribution in [-0.4, -0.2) is 27.0 Å². The van der Waals surface area contributed by atoms with Gasteiger partial charge in [0.05, 0.1) is 17.2 Å². The summed E-state index contributed by atoms with van der Waals surface area (Å²) in [6.07, 6.45) is 0. The van der Waals surface area contributed by atoms with Crippen LogP contribution < -0.4 is 14.8 Å². The van der Waals surface area contributed by atoms with Gasteiger partial charge in [-0.3, -0.25) is 4.79 Å². The zero-order chi connectivity index (χ0) is 15.3. The SMILES string of the molecule is CCOc1ccc(S(=O)(=O)NC(C)C)cc1NC(C)=O. The second kappa shape index (κ2) is 6.71. The minimum Gasteiger partial charge on any atom is -0.492 e. The molecule has 112 valence electrons.